The van der Waals surface area contributed by atoms with Gasteiger partial charge in [-0.2, -0.15) is 10.2 Å². The van der Waals surface area contributed by atoms with Crippen LogP contribution in [0.1, 0.15) is 25.7 Å². The fraction of sp³-hybridized carbons (Fsp3) is 0.500. The quantitative estimate of drug-likeness (QED) is 0.827. The van der Waals surface area contributed by atoms with Crippen LogP contribution in [-0.4, -0.2) is 24.5 Å². The minimum atomic E-state index is 0.251. The minimum absolute atomic E-state index is 0.251. The molecule has 0 fully saturated rings. The Kier molecular flexibility index (Phi) is 3.19. The Balaban J connectivity index is 2.23. The molecule has 86 valence electrons. The van der Waals surface area contributed by atoms with E-state index in [1.807, 2.05) is 16.9 Å². The number of H-pyrrole nitrogens is 1. The zero-order valence-corrected chi connectivity index (χ0v) is 10.2. The summed E-state index contributed by atoms with van der Waals surface area (Å²) in [5.74, 6) is 0.990. The average molecular weight is 237 g/mol. The molecule has 0 spiro atoms. The Bertz CT molecular complexity index is 496. The van der Waals surface area contributed by atoms with Crippen molar-refractivity contribution in [2.24, 2.45) is 0 Å². The molecule has 16 heavy (non-hydrogen) atoms. The summed E-state index contributed by atoms with van der Waals surface area (Å²) in [4.78, 5) is 0. The fourth-order valence-corrected chi connectivity index (χ4v) is 2.13. The first-order chi connectivity index (χ1) is 7.72. The van der Waals surface area contributed by atoms with E-state index in [-0.39, 0.29) is 6.04 Å². The normalized spacial score (nSPS) is 12.9. The van der Waals surface area contributed by atoms with Gasteiger partial charge in [0, 0.05) is 18.8 Å². The molecule has 0 saturated carbocycles. The highest BCUT2D eigenvalue weighted by Gasteiger charge is 2.11. The van der Waals surface area contributed by atoms with Crippen LogP contribution in [0, 0.1) is 4.77 Å². The zero-order chi connectivity index (χ0) is 11.5. The predicted octanol–water partition coefficient (Wildman–Crippen LogP) is 1.96. The summed E-state index contributed by atoms with van der Waals surface area (Å²) in [7, 11) is 0. The van der Waals surface area contributed by atoms with Gasteiger partial charge in [0.2, 0.25) is 0 Å². The van der Waals surface area contributed by atoms with Gasteiger partial charge in [0.25, 0.3) is 0 Å². The number of aryl methyl sites for hydroxylation is 1. The van der Waals surface area contributed by atoms with Gasteiger partial charge in [-0.25, -0.2) is 0 Å². The molecule has 2 aromatic heterocycles. The maximum Gasteiger partial charge on any atom is 0.195 e. The molecule has 1 N–H and O–H groups in total. The standard InChI is InChI=1S/C10H15N5S/c1-3-9-12-13-10(16)15(9)8(2)7-14-6-4-5-11-14/h4-6,8H,3,7H2,1-2H3,(H,13,16). The highest BCUT2D eigenvalue weighted by Crippen LogP contribution is 2.12. The van der Waals surface area contributed by atoms with Crippen molar-refractivity contribution in [3.8, 4) is 0 Å². The number of aromatic nitrogens is 5. The number of hydrogen-bond acceptors (Lipinski definition) is 3. The van der Waals surface area contributed by atoms with E-state index in [1.165, 1.54) is 0 Å². The molecule has 1 unspecified atom stereocenters. The van der Waals surface area contributed by atoms with E-state index in [1.54, 1.807) is 6.20 Å². The lowest BCUT2D eigenvalue weighted by Crippen LogP contribution is -2.15. The smallest absolute Gasteiger partial charge is 0.195 e. The van der Waals surface area contributed by atoms with E-state index >= 15 is 0 Å². The first-order valence-electron chi connectivity index (χ1n) is 5.35. The Hall–Kier alpha value is -1.43. The van der Waals surface area contributed by atoms with Gasteiger partial charge < -0.3 is 0 Å². The molecule has 0 aliphatic heterocycles. The van der Waals surface area contributed by atoms with Crippen LogP contribution in [0.3, 0.4) is 0 Å². The minimum Gasteiger partial charge on any atom is -0.299 e. The second-order valence-electron chi connectivity index (χ2n) is 3.75. The Morgan fingerprint density at radius 3 is 3.00 bits per heavy atom. The highest BCUT2D eigenvalue weighted by atomic mass is 32.1. The molecule has 5 nitrogen and oxygen atoms in total. The van der Waals surface area contributed by atoms with Crippen LogP contribution >= 0.6 is 12.2 Å². The molecule has 0 saturated heterocycles. The van der Waals surface area contributed by atoms with Crippen LogP contribution in [0.2, 0.25) is 0 Å². The SMILES string of the molecule is CCc1n[nH]c(=S)n1C(C)Cn1cccn1. The molecule has 6 heteroatoms. The van der Waals surface area contributed by atoms with E-state index in [0.717, 1.165) is 18.8 Å². The largest absolute Gasteiger partial charge is 0.299 e. The zero-order valence-electron chi connectivity index (χ0n) is 9.42. The summed E-state index contributed by atoms with van der Waals surface area (Å²) in [5, 5.41) is 11.2. The number of aromatic amines is 1. The van der Waals surface area contributed by atoms with Crippen molar-refractivity contribution in [3.05, 3.63) is 29.1 Å². The molecular formula is C10H15N5S. The van der Waals surface area contributed by atoms with E-state index in [0.29, 0.717) is 4.77 Å². The number of nitrogens with one attached hydrogen (secondary N) is 1. The molecule has 0 bridgehead atoms. The van der Waals surface area contributed by atoms with Crippen LogP contribution in [0.25, 0.3) is 0 Å². The van der Waals surface area contributed by atoms with Crippen molar-refractivity contribution in [1.29, 1.82) is 0 Å². The molecular weight excluding hydrogens is 222 g/mol. The van der Waals surface area contributed by atoms with Crippen molar-refractivity contribution in [2.75, 3.05) is 0 Å². The van der Waals surface area contributed by atoms with Crippen molar-refractivity contribution >= 4 is 12.2 Å². The van der Waals surface area contributed by atoms with E-state index < -0.39 is 0 Å². The summed E-state index contributed by atoms with van der Waals surface area (Å²) >= 11 is 5.23. The van der Waals surface area contributed by atoms with E-state index in [2.05, 4.69) is 33.7 Å². The second-order valence-corrected chi connectivity index (χ2v) is 4.13. The molecule has 0 aliphatic rings. The predicted molar refractivity (Wildman–Crippen MR) is 63.7 cm³/mol. The van der Waals surface area contributed by atoms with Crippen LogP contribution < -0.4 is 0 Å². The summed E-state index contributed by atoms with van der Waals surface area (Å²) in [6.45, 7) is 4.99. The first-order valence-corrected chi connectivity index (χ1v) is 5.76. The average Bonchev–Trinajstić information content (AvgIpc) is 2.87. The van der Waals surface area contributed by atoms with Gasteiger partial charge in [-0.15, -0.1) is 0 Å². The Morgan fingerprint density at radius 2 is 2.38 bits per heavy atom. The van der Waals surface area contributed by atoms with Crippen molar-refractivity contribution in [2.45, 2.75) is 32.9 Å². The van der Waals surface area contributed by atoms with Crippen molar-refractivity contribution in [1.82, 2.24) is 24.5 Å². The van der Waals surface area contributed by atoms with Crippen molar-refractivity contribution < 1.29 is 0 Å². The molecule has 2 heterocycles. The third-order valence-electron chi connectivity index (χ3n) is 2.54. The van der Waals surface area contributed by atoms with Gasteiger partial charge in [-0.3, -0.25) is 14.3 Å². The second kappa shape index (κ2) is 4.61. The van der Waals surface area contributed by atoms with Crippen LogP contribution in [0.5, 0.6) is 0 Å². The summed E-state index contributed by atoms with van der Waals surface area (Å²) in [6, 6.07) is 2.17. The van der Waals surface area contributed by atoms with Gasteiger partial charge in [0.1, 0.15) is 5.82 Å². The molecule has 2 aromatic rings. The molecule has 2 rings (SSSR count). The summed E-state index contributed by atoms with van der Waals surface area (Å²) in [5.41, 5.74) is 0. The lowest BCUT2D eigenvalue weighted by molar-refractivity contribution is 0.423. The van der Waals surface area contributed by atoms with Gasteiger partial charge in [0.05, 0.1) is 12.6 Å². The number of hydrogen-bond donors (Lipinski definition) is 1. The Labute approximate surface area is 99.1 Å². The van der Waals surface area contributed by atoms with Crippen LogP contribution in [0.4, 0.5) is 0 Å². The van der Waals surface area contributed by atoms with E-state index in [9.17, 15) is 0 Å². The van der Waals surface area contributed by atoms with Gasteiger partial charge >= 0.3 is 0 Å². The molecule has 0 aromatic carbocycles. The van der Waals surface area contributed by atoms with Gasteiger partial charge in [0.15, 0.2) is 4.77 Å². The topological polar surface area (TPSA) is 51.4 Å². The van der Waals surface area contributed by atoms with Crippen LogP contribution in [-0.2, 0) is 13.0 Å². The maximum atomic E-state index is 5.23. The number of rotatable bonds is 4. The van der Waals surface area contributed by atoms with Gasteiger partial charge in [-0.05, 0) is 25.2 Å². The fourth-order valence-electron chi connectivity index (χ4n) is 1.80. The molecule has 0 amide bonds. The Morgan fingerprint density at radius 1 is 1.56 bits per heavy atom. The molecule has 0 radical (unpaired) electrons. The maximum absolute atomic E-state index is 5.23. The van der Waals surface area contributed by atoms with E-state index in [4.69, 9.17) is 12.2 Å². The van der Waals surface area contributed by atoms with Crippen LogP contribution in [0.15, 0.2) is 18.5 Å². The molecule has 1 atom stereocenters. The summed E-state index contributed by atoms with van der Waals surface area (Å²) < 4.78 is 4.63. The lowest BCUT2D eigenvalue weighted by Gasteiger charge is -2.14. The van der Waals surface area contributed by atoms with Gasteiger partial charge in [-0.1, -0.05) is 6.92 Å². The third kappa shape index (κ3) is 2.06. The summed E-state index contributed by atoms with van der Waals surface area (Å²) in [6.07, 6.45) is 4.60. The lowest BCUT2D eigenvalue weighted by atomic mass is 10.3. The molecule has 0 aliphatic carbocycles. The third-order valence-corrected chi connectivity index (χ3v) is 2.83. The number of nitrogens with zero attached hydrogens (tertiary/aromatic N) is 4. The van der Waals surface area contributed by atoms with Crippen molar-refractivity contribution in [3.63, 3.8) is 0 Å². The monoisotopic (exact) mass is 237 g/mol. The first kappa shape index (κ1) is 11.1. The highest BCUT2D eigenvalue weighted by molar-refractivity contribution is 7.71.